The van der Waals surface area contributed by atoms with E-state index in [9.17, 15) is 18.8 Å². The number of carbonyl (C=O) groups excluding carboxylic acids is 3. The van der Waals surface area contributed by atoms with Crippen LogP contribution in [-0.4, -0.2) is 34.3 Å². The molecule has 3 aromatic rings. The van der Waals surface area contributed by atoms with E-state index in [2.05, 4.69) is 5.10 Å². The number of benzene rings is 2. The third-order valence-corrected chi connectivity index (χ3v) is 3.89. The number of ether oxygens (including phenoxy) is 1. The Bertz CT molecular complexity index is 1090. The molecular formula is C21H17FN4O4. The Morgan fingerprint density at radius 1 is 1.10 bits per heavy atom. The lowest BCUT2D eigenvalue weighted by Gasteiger charge is -2.01. The minimum Gasteiger partial charge on any atom is -0.452 e. The van der Waals surface area contributed by atoms with Gasteiger partial charge in [0.05, 0.1) is 11.4 Å². The van der Waals surface area contributed by atoms with E-state index in [1.165, 1.54) is 18.2 Å². The molecule has 0 unspecified atom stereocenters. The molecule has 3 rings (SSSR count). The Morgan fingerprint density at radius 3 is 2.47 bits per heavy atom. The number of esters is 1. The van der Waals surface area contributed by atoms with Gasteiger partial charge < -0.3 is 10.5 Å². The van der Waals surface area contributed by atoms with Gasteiger partial charge in [0, 0.05) is 23.4 Å². The molecule has 8 nitrogen and oxygen atoms in total. The summed E-state index contributed by atoms with van der Waals surface area (Å²) in [5.74, 6) is -2.02. The second-order valence-corrected chi connectivity index (χ2v) is 6.07. The minimum absolute atomic E-state index is 0.379. The van der Waals surface area contributed by atoms with E-state index < -0.39 is 24.5 Å². The summed E-state index contributed by atoms with van der Waals surface area (Å²) in [7, 11) is 0. The lowest BCUT2D eigenvalue weighted by atomic mass is 10.1. The first-order chi connectivity index (χ1) is 14.4. The first kappa shape index (κ1) is 20.5. The quantitative estimate of drug-likeness (QED) is 0.480. The van der Waals surface area contributed by atoms with Crippen LogP contribution in [0.5, 0.6) is 0 Å². The molecule has 0 aliphatic rings. The van der Waals surface area contributed by atoms with Crippen LogP contribution in [0, 0.1) is 5.82 Å². The molecule has 0 saturated carbocycles. The minimum atomic E-state index is -1.04. The van der Waals surface area contributed by atoms with E-state index >= 15 is 0 Å². The van der Waals surface area contributed by atoms with Crippen molar-refractivity contribution < 1.29 is 23.5 Å². The number of nitrogens with one attached hydrogen (secondary N) is 1. The van der Waals surface area contributed by atoms with Gasteiger partial charge >= 0.3 is 12.0 Å². The molecule has 152 valence electrons. The molecule has 0 radical (unpaired) electrons. The Labute approximate surface area is 170 Å². The number of aromatic nitrogens is 2. The zero-order valence-electron chi connectivity index (χ0n) is 15.6. The van der Waals surface area contributed by atoms with Gasteiger partial charge in [0.15, 0.2) is 6.61 Å². The molecule has 0 aliphatic heterocycles. The molecule has 0 atom stereocenters. The number of para-hydroxylation sites is 1. The maximum Gasteiger partial charge on any atom is 0.331 e. The van der Waals surface area contributed by atoms with Gasteiger partial charge in [-0.2, -0.15) is 5.10 Å². The van der Waals surface area contributed by atoms with Crippen molar-refractivity contribution in [2.24, 2.45) is 5.73 Å². The summed E-state index contributed by atoms with van der Waals surface area (Å²) in [5.41, 5.74) is 7.35. The predicted octanol–water partition coefficient (Wildman–Crippen LogP) is 2.43. The Hall–Kier alpha value is -4.27. The van der Waals surface area contributed by atoms with Crippen LogP contribution in [0.2, 0.25) is 0 Å². The maximum absolute atomic E-state index is 13.3. The molecule has 0 spiro atoms. The van der Waals surface area contributed by atoms with Crippen LogP contribution in [0.25, 0.3) is 23.0 Å². The molecule has 1 heterocycles. The van der Waals surface area contributed by atoms with Crippen LogP contribution in [0.1, 0.15) is 5.56 Å². The number of urea groups is 1. The van der Waals surface area contributed by atoms with Crippen LogP contribution in [-0.2, 0) is 14.3 Å². The molecule has 0 bridgehead atoms. The third kappa shape index (κ3) is 5.38. The van der Waals surface area contributed by atoms with Crippen molar-refractivity contribution in [3.63, 3.8) is 0 Å². The standard InChI is InChI=1S/C21H17FN4O4/c22-16-9-6-14(7-10-16)20-15(12-26(25-20)17-4-2-1-3-5-17)8-11-19(28)30-13-18(27)24-21(23)29/h1-12H,13H2,(H3,23,24,27,29)/b11-8+. The molecule has 0 saturated heterocycles. The van der Waals surface area contributed by atoms with Gasteiger partial charge in [-0.25, -0.2) is 18.7 Å². The molecule has 0 aliphatic carbocycles. The van der Waals surface area contributed by atoms with Gasteiger partial charge in [0.2, 0.25) is 0 Å². The average Bonchev–Trinajstić information content (AvgIpc) is 3.16. The first-order valence-electron chi connectivity index (χ1n) is 8.77. The highest BCUT2D eigenvalue weighted by molar-refractivity contribution is 5.96. The van der Waals surface area contributed by atoms with Crippen LogP contribution < -0.4 is 11.1 Å². The van der Waals surface area contributed by atoms with Crippen LogP contribution in [0.15, 0.2) is 66.9 Å². The SMILES string of the molecule is NC(=O)NC(=O)COC(=O)/C=C/c1cn(-c2ccccc2)nc1-c1ccc(F)cc1. The largest absolute Gasteiger partial charge is 0.452 e. The molecular weight excluding hydrogens is 391 g/mol. The van der Waals surface area contributed by atoms with Gasteiger partial charge in [0.1, 0.15) is 5.82 Å². The zero-order chi connectivity index (χ0) is 21.5. The lowest BCUT2D eigenvalue weighted by molar-refractivity contribution is -0.143. The fraction of sp³-hybridized carbons (Fsp3) is 0.0476. The number of carbonyl (C=O) groups is 3. The predicted molar refractivity (Wildman–Crippen MR) is 107 cm³/mol. The molecule has 3 N–H and O–H groups in total. The number of imide groups is 1. The topological polar surface area (TPSA) is 116 Å². The summed E-state index contributed by atoms with van der Waals surface area (Å²) in [6.45, 7) is -0.653. The van der Waals surface area contributed by atoms with Gasteiger partial charge in [-0.05, 0) is 42.5 Å². The van der Waals surface area contributed by atoms with Crippen molar-refractivity contribution in [3.05, 3.63) is 78.3 Å². The van der Waals surface area contributed by atoms with Crippen molar-refractivity contribution >= 4 is 24.0 Å². The van der Waals surface area contributed by atoms with Gasteiger partial charge in [0.25, 0.3) is 5.91 Å². The number of primary amides is 1. The van der Waals surface area contributed by atoms with Crippen LogP contribution in [0.3, 0.4) is 0 Å². The van der Waals surface area contributed by atoms with E-state index in [0.717, 1.165) is 11.8 Å². The normalized spacial score (nSPS) is 10.7. The lowest BCUT2D eigenvalue weighted by Crippen LogP contribution is -2.37. The highest BCUT2D eigenvalue weighted by atomic mass is 19.1. The fourth-order valence-corrected chi connectivity index (χ4v) is 2.57. The Kier molecular flexibility index (Phi) is 6.33. The average molecular weight is 408 g/mol. The number of halogens is 1. The smallest absolute Gasteiger partial charge is 0.331 e. The highest BCUT2D eigenvalue weighted by Gasteiger charge is 2.12. The molecule has 3 amide bonds. The second kappa shape index (κ2) is 9.28. The number of rotatable bonds is 6. The molecule has 0 fully saturated rings. The number of amides is 3. The third-order valence-electron chi connectivity index (χ3n) is 3.89. The summed E-state index contributed by atoms with van der Waals surface area (Å²) in [6.07, 6.45) is 4.30. The number of nitrogens with zero attached hydrogens (tertiary/aromatic N) is 2. The molecule has 30 heavy (non-hydrogen) atoms. The van der Waals surface area contributed by atoms with Crippen LogP contribution in [0.4, 0.5) is 9.18 Å². The fourth-order valence-electron chi connectivity index (χ4n) is 2.57. The molecule has 9 heteroatoms. The van der Waals surface area contributed by atoms with Crippen LogP contribution >= 0.6 is 0 Å². The van der Waals surface area contributed by atoms with E-state index in [4.69, 9.17) is 10.5 Å². The summed E-state index contributed by atoms with van der Waals surface area (Å²) < 4.78 is 19.7. The monoisotopic (exact) mass is 408 g/mol. The van der Waals surface area contributed by atoms with Gasteiger partial charge in [-0.3, -0.25) is 10.1 Å². The summed E-state index contributed by atoms with van der Waals surface area (Å²) in [5, 5.41) is 6.32. The number of hydrogen-bond donors (Lipinski definition) is 2. The molecule has 2 aromatic carbocycles. The summed E-state index contributed by atoms with van der Waals surface area (Å²) >= 11 is 0. The highest BCUT2D eigenvalue weighted by Crippen LogP contribution is 2.25. The van der Waals surface area contributed by atoms with Gasteiger partial charge in [-0.15, -0.1) is 0 Å². The number of nitrogens with two attached hydrogens (primary N) is 1. The summed E-state index contributed by atoms with van der Waals surface area (Å²) in [4.78, 5) is 33.8. The second-order valence-electron chi connectivity index (χ2n) is 6.07. The van der Waals surface area contributed by atoms with Crippen molar-refractivity contribution in [3.8, 4) is 16.9 Å². The van der Waals surface area contributed by atoms with Crippen molar-refractivity contribution in [1.29, 1.82) is 0 Å². The van der Waals surface area contributed by atoms with Crippen molar-refractivity contribution in [2.45, 2.75) is 0 Å². The molecule has 1 aromatic heterocycles. The zero-order valence-corrected chi connectivity index (χ0v) is 15.6. The van der Waals surface area contributed by atoms with E-state index in [0.29, 0.717) is 16.8 Å². The Balaban J connectivity index is 1.83. The van der Waals surface area contributed by atoms with Crippen molar-refractivity contribution in [1.82, 2.24) is 15.1 Å². The maximum atomic E-state index is 13.3. The first-order valence-corrected chi connectivity index (χ1v) is 8.77. The van der Waals surface area contributed by atoms with E-state index in [1.54, 1.807) is 28.3 Å². The van der Waals surface area contributed by atoms with Crippen molar-refractivity contribution in [2.75, 3.05) is 6.61 Å². The van der Waals surface area contributed by atoms with E-state index in [1.807, 2.05) is 30.3 Å². The Morgan fingerprint density at radius 2 is 1.80 bits per heavy atom. The van der Waals surface area contributed by atoms with E-state index in [-0.39, 0.29) is 5.82 Å². The summed E-state index contributed by atoms with van der Waals surface area (Å²) in [6, 6.07) is 14.1. The van der Waals surface area contributed by atoms with Gasteiger partial charge in [-0.1, -0.05) is 18.2 Å². The number of hydrogen-bond acceptors (Lipinski definition) is 5.